The third-order valence-electron chi connectivity index (χ3n) is 3.18. The lowest BCUT2D eigenvalue weighted by molar-refractivity contribution is -0.150. The van der Waals surface area contributed by atoms with Gasteiger partial charge in [0.2, 0.25) is 0 Å². The van der Waals surface area contributed by atoms with E-state index in [2.05, 4.69) is 26.8 Å². The first-order valence-corrected chi connectivity index (χ1v) is 8.54. The molecule has 9 heteroatoms. The van der Waals surface area contributed by atoms with Crippen molar-refractivity contribution in [1.29, 1.82) is 0 Å². The number of hydrogen-bond donors (Lipinski definition) is 2. The van der Waals surface area contributed by atoms with Gasteiger partial charge in [0.1, 0.15) is 11.5 Å². The number of amides is 2. The minimum atomic E-state index is -0.716. The van der Waals surface area contributed by atoms with Gasteiger partial charge < -0.3 is 14.2 Å². The Balaban J connectivity index is 1.67. The first kappa shape index (κ1) is 20.2. The van der Waals surface area contributed by atoms with Crippen molar-refractivity contribution in [2.24, 2.45) is 0 Å². The summed E-state index contributed by atoms with van der Waals surface area (Å²) in [7, 11) is 1.51. The second-order valence-electron chi connectivity index (χ2n) is 5.14. The highest BCUT2D eigenvalue weighted by Gasteiger charge is 2.11. The number of carbonyl (C=O) groups is 3. The summed E-state index contributed by atoms with van der Waals surface area (Å²) in [4.78, 5) is 35.1. The zero-order chi connectivity index (χ0) is 19.6. The van der Waals surface area contributed by atoms with E-state index in [4.69, 9.17) is 14.2 Å². The van der Waals surface area contributed by atoms with Crippen LogP contribution in [0, 0.1) is 0 Å². The summed E-state index contributed by atoms with van der Waals surface area (Å²) in [6.07, 6.45) is 0. The van der Waals surface area contributed by atoms with Crippen LogP contribution in [0.2, 0.25) is 0 Å². The fourth-order valence-corrected chi connectivity index (χ4v) is 2.24. The van der Waals surface area contributed by atoms with Crippen molar-refractivity contribution in [2.45, 2.75) is 0 Å². The van der Waals surface area contributed by atoms with Crippen LogP contribution in [0.4, 0.5) is 0 Å². The van der Waals surface area contributed by atoms with Gasteiger partial charge in [-0.1, -0.05) is 22.0 Å². The molecule has 2 N–H and O–H groups in total. The van der Waals surface area contributed by atoms with Gasteiger partial charge in [-0.05, 0) is 42.5 Å². The van der Waals surface area contributed by atoms with Crippen molar-refractivity contribution < 1.29 is 28.6 Å². The number of carbonyl (C=O) groups excluding carboxylic acids is 3. The number of hydrogen-bond acceptors (Lipinski definition) is 6. The highest BCUT2D eigenvalue weighted by Crippen LogP contribution is 2.17. The molecule has 0 aliphatic rings. The molecule has 8 nitrogen and oxygen atoms in total. The van der Waals surface area contributed by atoms with Crippen LogP contribution in [0.1, 0.15) is 10.4 Å². The Labute approximate surface area is 163 Å². The Kier molecular flexibility index (Phi) is 7.63. The van der Waals surface area contributed by atoms with E-state index in [1.165, 1.54) is 7.11 Å². The van der Waals surface area contributed by atoms with Gasteiger partial charge in [0.15, 0.2) is 13.2 Å². The molecule has 0 atom stereocenters. The number of benzene rings is 2. The Morgan fingerprint density at radius 3 is 2.37 bits per heavy atom. The van der Waals surface area contributed by atoms with Gasteiger partial charge in [0, 0.05) is 10.0 Å². The summed E-state index contributed by atoms with van der Waals surface area (Å²) in [6.45, 7) is -0.897. The van der Waals surface area contributed by atoms with Crippen LogP contribution in [-0.2, 0) is 14.3 Å². The van der Waals surface area contributed by atoms with E-state index in [1.54, 1.807) is 42.5 Å². The van der Waals surface area contributed by atoms with Crippen molar-refractivity contribution in [3.8, 4) is 11.5 Å². The number of methoxy groups -OCH3 is 1. The summed E-state index contributed by atoms with van der Waals surface area (Å²) < 4.78 is 15.8. The van der Waals surface area contributed by atoms with Crippen LogP contribution in [0.25, 0.3) is 0 Å². The average Bonchev–Trinajstić information content (AvgIpc) is 2.69. The Hall–Kier alpha value is -3.07. The number of halogens is 1. The first-order chi connectivity index (χ1) is 13.0. The summed E-state index contributed by atoms with van der Waals surface area (Å²) in [6, 6.07) is 13.3. The van der Waals surface area contributed by atoms with Crippen LogP contribution in [0.3, 0.4) is 0 Å². The SMILES string of the molecule is COc1ccc(C(=O)NNC(=O)COC(=O)COc2cccc(Br)c2)cc1. The molecular weight excluding hydrogens is 420 g/mol. The molecule has 2 amide bonds. The lowest BCUT2D eigenvalue weighted by Crippen LogP contribution is -2.43. The van der Waals surface area contributed by atoms with E-state index in [9.17, 15) is 14.4 Å². The topological polar surface area (TPSA) is 103 Å². The maximum atomic E-state index is 11.9. The smallest absolute Gasteiger partial charge is 0.344 e. The summed E-state index contributed by atoms with van der Waals surface area (Å²) in [5, 5.41) is 0. The van der Waals surface area contributed by atoms with Gasteiger partial charge in [-0.2, -0.15) is 0 Å². The minimum Gasteiger partial charge on any atom is -0.497 e. The Bertz CT molecular complexity index is 810. The molecule has 0 bridgehead atoms. The maximum Gasteiger partial charge on any atom is 0.344 e. The fourth-order valence-electron chi connectivity index (χ4n) is 1.86. The molecular formula is C18H17BrN2O6. The third kappa shape index (κ3) is 6.98. The van der Waals surface area contributed by atoms with Gasteiger partial charge in [-0.25, -0.2) is 4.79 Å². The van der Waals surface area contributed by atoms with Crippen LogP contribution < -0.4 is 20.3 Å². The van der Waals surface area contributed by atoms with E-state index in [0.717, 1.165) is 4.47 Å². The van der Waals surface area contributed by atoms with E-state index in [0.29, 0.717) is 17.1 Å². The van der Waals surface area contributed by atoms with Crippen LogP contribution in [0.15, 0.2) is 53.0 Å². The normalized spacial score (nSPS) is 9.85. The van der Waals surface area contributed by atoms with Gasteiger partial charge in [0.05, 0.1) is 7.11 Å². The Morgan fingerprint density at radius 2 is 1.70 bits per heavy atom. The molecule has 2 rings (SSSR count). The molecule has 0 saturated carbocycles. The number of nitrogens with one attached hydrogen (secondary N) is 2. The lowest BCUT2D eigenvalue weighted by Gasteiger charge is -2.09. The fraction of sp³-hybridized carbons (Fsp3) is 0.167. The molecule has 2 aromatic carbocycles. The largest absolute Gasteiger partial charge is 0.497 e. The number of rotatable bonds is 7. The average molecular weight is 437 g/mol. The van der Waals surface area contributed by atoms with Gasteiger partial charge >= 0.3 is 5.97 Å². The van der Waals surface area contributed by atoms with E-state index in [1.807, 2.05) is 6.07 Å². The maximum absolute atomic E-state index is 11.9. The molecule has 0 unspecified atom stereocenters. The number of ether oxygens (including phenoxy) is 3. The summed E-state index contributed by atoms with van der Waals surface area (Å²) in [5.41, 5.74) is 4.70. The summed E-state index contributed by atoms with van der Waals surface area (Å²) in [5.74, 6) is -0.834. The summed E-state index contributed by atoms with van der Waals surface area (Å²) >= 11 is 3.28. The number of hydrazine groups is 1. The number of esters is 1. The second kappa shape index (κ2) is 10.2. The third-order valence-corrected chi connectivity index (χ3v) is 3.68. The molecule has 27 heavy (non-hydrogen) atoms. The zero-order valence-electron chi connectivity index (χ0n) is 14.4. The molecule has 0 aliphatic carbocycles. The van der Waals surface area contributed by atoms with E-state index < -0.39 is 24.4 Å². The van der Waals surface area contributed by atoms with Gasteiger partial charge in [0.25, 0.3) is 11.8 Å². The highest BCUT2D eigenvalue weighted by atomic mass is 79.9. The van der Waals surface area contributed by atoms with Gasteiger partial charge in [-0.15, -0.1) is 0 Å². The van der Waals surface area contributed by atoms with Crippen molar-refractivity contribution in [3.63, 3.8) is 0 Å². The molecule has 2 aromatic rings. The lowest BCUT2D eigenvalue weighted by atomic mass is 10.2. The first-order valence-electron chi connectivity index (χ1n) is 7.75. The van der Waals surface area contributed by atoms with Crippen molar-refractivity contribution >= 4 is 33.7 Å². The van der Waals surface area contributed by atoms with E-state index >= 15 is 0 Å². The van der Waals surface area contributed by atoms with E-state index in [-0.39, 0.29) is 6.61 Å². The molecule has 0 aliphatic heterocycles. The monoisotopic (exact) mass is 436 g/mol. The predicted molar refractivity (Wildman–Crippen MR) is 99.2 cm³/mol. The molecule has 0 saturated heterocycles. The molecule has 142 valence electrons. The van der Waals surface area contributed by atoms with Crippen LogP contribution in [0.5, 0.6) is 11.5 Å². The standard InChI is InChI=1S/C18H17BrN2O6/c1-25-14-7-5-12(6-8-14)18(24)21-20-16(22)10-27-17(23)11-26-15-4-2-3-13(19)9-15/h2-9H,10-11H2,1H3,(H,20,22)(H,21,24). The van der Waals surface area contributed by atoms with Crippen LogP contribution >= 0.6 is 15.9 Å². The van der Waals surface area contributed by atoms with Crippen molar-refractivity contribution in [1.82, 2.24) is 10.9 Å². The quantitative estimate of drug-likeness (QED) is 0.506. The molecule has 0 fully saturated rings. The Morgan fingerprint density at radius 1 is 0.963 bits per heavy atom. The zero-order valence-corrected chi connectivity index (χ0v) is 15.9. The molecule has 0 spiro atoms. The minimum absolute atomic E-state index is 0.329. The highest BCUT2D eigenvalue weighted by molar-refractivity contribution is 9.10. The predicted octanol–water partition coefficient (Wildman–Crippen LogP) is 1.84. The van der Waals surface area contributed by atoms with Gasteiger partial charge in [-0.3, -0.25) is 20.4 Å². The van der Waals surface area contributed by atoms with Crippen LogP contribution in [-0.4, -0.2) is 38.1 Å². The molecule has 0 radical (unpaired) electrons. The molecule has 0 aromatic heterocycles. The second-order valence-corrected chi connectivity index (χ2v) is 6.05. The molecule has 0 heterocycles. The van der Waals surface area contributed by atoms with Crippen molar-refractivity contribution in [3.05, 3.63) is 58.6 Å². The van der Waals surface area contributed by atoms with Crippen molar-refractivity contribution in [2.75, 3.05) is 20.3 Å².